The van der Waals surface area contributed by atoms with E-state index in [0.29, 0.717) is 6.61 Å². The van der Waals surface area contributed by atoms with Crippen molar-refractivity contribution < 1.29 is 4.74 Å². The lowest BCUT2D eigenvalue weighted by Gasteiger charge is -2.22. The van der Waals surface area contributed by atoms with Crippen LogP contribution in [0.25, 0.3) is 0 Å². The van der Waals surface area contributed by atoms with Gasteiger partial charge in [0.2, 0.25) is 0 Å². The average molecular weight is 289 g/mol. The third kappa shape index (κ3) is 4.66. The van der Waals surface area contributed by atoms with Gasteiger partial charge in [0.05, 0.1) is 0 Å². The number of hydrogen-bond donors (Lipinski definition) is 1. The van der Waals surface area contributed by atoms with Crippen molar-refractivity contribution in [3.63, 3.8) is 0 Å². The molecule has 0 aliphatic heterocycles. The minimum Gasteiger partial charge on any atom is -0.488 e. The number of ether oxygens (including phenoxy) is 1. The molecule has 0 aliphatic rings. The molecule has 2 aromatic rings. The molecule has 1 heterocycles. The Kier molecular flexibility index (Phi) is 4.84. The van der Waals surface area contributed by atoms with Gasteiger partial charge in [-0.3, -0.25) is 0 Å². The largest absolute Gasteiger partial charge is 0.488 e. The van der Waals surface area contributed by atoms with Crippen LogP contribution in [0.15, 0.2) is 35.7 Å². The first-order valence-corrected chi connectivity index (χ1v) is 7.82. The first-order chi connectivity index (χ1) is 9.44. The summed E-state index contributed by atoms with van der Waals surface area (Å²) in [6, 6.07) is 10.5. The first-order valence-electron chi connectivity index (χ1n) is 6.94. The molecule has 0 atom stereocenters. The molecule has 1 aromatic heterocycles. The van der Waals surface area contributed by atoms with E-state index in [2.05, 4.69) is 68.7 Å². The SMILES string of the molecule is Cc1ccc(OCc2cccs2)c(CNC(C)(C)C)c1. The quantitative estimate of drug-likeness (QED) is 0.873. The van der Waals surface area contributed by atoms with Gasteiger partial charge in [0.25, 0.3) is 0 Å². The minimum atomic E-state index is 0.106. The lowest BCUT2D eigenvalue weighted by atomic mass is 10.1. The van der Waals surface area contributed by atoms with Crippen molar-refractivity contribution in [2.75, 3.05) is 0 Å². The van der Waals surface area contributed by atoms with Crippen molar-refractivity contribution in [2.24, 2.45) is 0 Å². The van der Waals surface area contributed by atoms with Crippen molar-refractivity contribution in [2.45, 2.75) is 46.4 Å². The summed E-state index contributed by atoms with van der Waals surface area (Å²) < 4.78 is 5.97. The normalized spacial score (nSPS) is 11.6. The van der Waals surface area contributed by atoms with Crippen molar-refractivity contribution >= 4 is 11.3 Å². The fourth-order valence-electron chi connectivity index (χ4n) is 1.89. The molecule has 2 rings (SSSR count). The Hall–Kier alpha value is -1.32. The molecule has 0 saturated heterocycles. The fourth-order valence-corrected chi connectivity index (χ4v) is 2.51. The molecule has 0 spiro atoms. The predicted octanol–water partition coefficient (Wildman–Crippen LogP) is 4.52. The summed E-state index contributed by atoms with van der Waals surface area (Å²) in [7, 11) is 0. The van der Waals surface area contributed by atoms with E-state index in [9.17, 15) is 0 Å². The van der Waals surface area contributed by atoms with Gasteiger partial charge in [0, 0.05) is 22.5 Å². The van der Waals surface area contributed by atoms with Crippen LogP contribution in [0.2, 0.25) is 0 Å². The molecular formula is C17H23NOS. The third-order valence-corrected chi connectivity index (χ3v) is 3.83. The van der Waals surface area contributed by atoms with E-state index in [1.807, 2.05) is 0 Å². The molecule has 1 N–H and O–H groups in total. The summed E-state index contributed by atoms with van der Waals surface area (Å²) in [6.07, 6.45) is 0. The van der Waals surface area contributed by atoms with Crippen LogP contribution in [0.5, 0.6) is 5.75 Å². The van der Waals surface area contributed by atoms with E-state index in [4.69, 9.17) is 4.74 Å². The van der Waals surface area contributed by atoms with E-state index in [0.717, 1.165) is 12.3 Å². The summed E-state index contributed by atoms with van der Waals surface area (Å²) in [5.41, 5.74) is 2.59. The Balaban J connectivity index is 2.07. The fraction of sp³-hybridized carbons (Fsp3) is 0.412. The van der Waals surface area contributed by atoms with Crippen LogP contribution >= 0.6 is 11.3 Å². The summed E-state index contributed by atoms with van der Waals surface area (Å²) in [6.45, 7) is 10.1. The third-order valence-electron chi connectivity index (χ3n) is 2.98. The van der Waals surface area contributed by atoms with Crippen molar-refractivity contribution in [3.05, 3.63) is 51.7 Å². The number of thiophene rings is 1. The van der Waals surface area contributed by atoms with E-state index in [-0.39, 0.29) is 5.54 Å². The van der Waals surface area contributed by atoms with Gasteiger partial charge in [0.1, 0.15) is 12.4 Å². The Labute approximate surface area is 125 Å². The standard InChI is InChI=1S/C17H23NOS/c1-13-7-8-16(19-12-15-6-5-9-20-15)14(10-13)11-18-17(2,3)4/h5-10,18H,11-12H2,1-4H3. The van der Waals surface area contributed by atoms with Crippen LogP contribution in [-0.4, -0.2) is 5.54 Å². The van der Waals surface area contributed by atoms with Crippen LogP contribution in [0, 0.1) is 6.92 Å². The molecule has 0 radical (unpaired) electrons. The molecule has 0 bridgehead atoms. The monoisotopic (exact) mass is 289 g/mol. The number of aryl methyl sites for hydroxylation is 1. The zero-order valence-electron chi connectivity index (χ0n) is 12.7. The van der Waals surface area contributed by atoms with E-state index in [1.54, 1.807) is 11.3 Å². The van der Waals surface area contributed by atoms with Crippen molar-refractivity contribution in [3.8, 4) is 5.75 Å². The highest BCUT2D eigenvalue weighted by Crippen LogP contribution is 2.22. The smallest absolute Gasteiger partial charge is 0.124 e. The molecule has 0 unspecified atom stereocenters. The van der Waals surface area contributed by atoms with Gasteiger partial charge in [-0.25, -0.2) is 0 Å². The Morgan fingerprint density at radius 1 is 1.20 bits per heavy atom. The second kappa shape index (κ2) is 6.42. The molecule has 1 aromatic carbocycles. The second-order valence-electron chi connectivity index (χ2n) is 6.08. The van der Waals surface area contributed by atoms with Gasteiger partial charge in [0.15, 0.2) is 0 Å². The molecule has 2 nitrogen and oxygen atoms in total. The molecule has 108 valence electrons. The topological polar surface area (TPSA) is 21.3 Å². The van der Waals surface area contributed by atoms with Gasteiger partial charge < -0.3 is 10.1 Å². The summed E-state index contributed by atoms with van der Waals surface area (Å²) in [5, 5.41) is 5.60. The van der Waals surface area contributed by atoms with E-state index < -0.39 is 0 Å². The van der Waals surface area contributed by atoms with Gasteiger partial charge in [-0.2, -0.15) is 0 Å². The summed E-state index contributed by atoms with van der Waals surface area (Å²) >= 11 is 1.73. The highest BCUT2D eigenvalue weighted by Gasteiger charge is 2.11. The Morgan fingerprint density at radius 3 is 2.65 bits per heavy atom. The van der Waals surface area contributed by atoms with Crippen molar-refractivity contribution in [1.82, 2.24) is 5.32 Å². The maximum Gasteiger partial charge on any atom is 0.124 e. The molecule has 20 heavy (non-hydrogen) atoms. The van der Waals surface area contributed by atoms with Crippen LogP contribution in [-0.2, 0) is 13.2 Å². The van der Waals surface area contributed by atoms with Gasteiger partial charge >= 0.3 is 0 Å². The Morgan fingerprint density at radius 2 is 2.00 bits per heavy atom. The highest BCUT2D eigenvalue weighted by molar-refractivity contribution is 7.09. The summed E-state index contributed by atoms with van der Waals surface area (Å²) in [4.78, 5) is 1.25. The number of nitrogens with one attached hydrogen (secondary N) is 1. The number of rotatable bonds is 5. The van der Waals surface area contributed by atoms with E-state index in [1.165, 1.54) is 16.0 Å². The number of benzene rings is 1. The Bertz CT molecular complexity index is 541. The molecule has 0 fully saturated rings. The predicted molar refractivity (Wildman–Crippen MR) is 86.4 cm³/mol. The van der Waals surface area contributed by atoms with Gasteiger partial charge in [-0.15, -0.1) is 11.3 Å². The van der Waals surface area contributed by atoms with Crippen LogP contribution in [0.4, 0.5) is 0 Å². The maximum atomic E-state index is 5.97. The van der Waals surface area contributed by atoms with Gasteiger partial charge in [-0.1, -0.05) is 23.8 Å². The highest BCUT2D eigenvalue weighted by atomic mass is 32.1. The number of hydrogen-bond acceptors (Lipinski definition) is 3. The molecule has 0 aliphatic carbocycles. The molecule has 0 saturated carbocycles. The molecular weight excluding hydrogens is 266 g/mol. The maximum absolute atomic E-state index is 5.97. The lowest BCUT2D eigenvalue weighted by molar-refractivity contribution is 0.303. The zero-order valence-corrected chi connectivity index (χ0v) is 13.5. The van der Waals surface area contributed by atoms with E-state index >= 15 is 0 Å². The minimum absolute atomic E-state index is 0.106. The first kappa shape index (κ1) is 15.1. The second-order valence-corrected chi connectivity index (χ2v) is 7.12. The lowest BCUT2D eigenvalue weighted by Crippen LogP contribution is -2.35. The van der Waals surface area contributed by atoms with Crippen LogP contribution in [0.3, 0.4) is 0 Å². The average Bonchev–Trinajstić information content (AvgIpc) is 2.87. The van der Waals surface area contributed by atoms with Crippen molar-refractivity contribution in [1.29, 1.82) is 0 Å². The zero-order chi connectivity index (χ0) is 14.6. The van der Waals surface area contributed by atoms with Crippen LogP contribution in [0.1, 0.15) is 36.8 Å². The summed E-state index contributed by atoms with van der Waals surface area (Å²) in [5.74, 6) is 0.973. The van der Waals surface area contributed by atoms with Gasteiger partial charge in [-0.05, 0) is 45.2 Å². The molecule has 0 amide bonds. The van der Waals surface area contributed by atoms with Crippen LogP contribution < -0.4 is 10.1 Å². The molecule has 3 heteroatoms.